The van der Waals surface area contributed by atoms with Crippen molar-refractivity contribution in [3.63, 3.8) is 0 Å². The molecule has 9 atom stereocenters. The number of rotatable bonds is 25. The van der Waals surface area contributed by atoms with Crippen LogP contribution in [0.5, 0.6) is 17.2 Å². The third kappa shape index (κ3) is 19.0. The van der Waals surface area contributed by atoms with Crippen molar-refractivity contribution < 1.29 is 42.8 Å². The predicted molar refractivity (Wildman–Crippen MR) is 400 cm³/mol. The van der Waals surface area contributed by atoms with Crippen LogP contribution in [0.3, 0.4) is 0 Å². The van der Waals surface area contributed by atoms with Crippen LogP contribution in [0.1, 0.15) is 322 Å². The molecule has 97 heavy (non-hydrogen) atoms. The highest BCUT2D eigenvalue weighted by atomic mass is 16.6. The zero-order valence-electron chi connectivity index (χ0n) is 63.1. The average molecular weight is 1340 g/mol. The van der Waals surface area contributed by atoms with Gasteiger partial charge in [-0.1, -0.05) is 176 Å². The van der Waals surface area contributed by atoms with Crippen molar-refractivity contribution in [1.82, 2.24) is 0 Å². The van der Waals surface area contributed by atoms with Crippen molar-refractivity contribution in [2.45, 2.75) is 322 Å². The van der Waals surface area contributed by atoms with Crippen LogP contribution >= 0.6 is 0 Å². The van der Waals surface area contributed by atoms with Gasteiger partial charge in [-0.15, -0.1) is 0 Å². The molecule has 12 aliphatic rings. The highest BCUT2D eigenvalue weighted by molar-refractivity contribution is 5.73. The lowest BCUT2D eigenvalue weighted by atomic mass is 9.43. The fourth-order valence-electron chi connectivity index (χ4n) is 21.5. The van der Waals surface area contributed by atoms with Gasteiger partial charge in [0.2, 0.25) is 0 Å². The Kier molecular flexibility index (Phi) is 27.2. The van der Waals surface area contributed by atoms with Gasteiger partial charge in [0.1, 0.15) is 34.1 Å². The van der Waals surface area contributed by atoms with Crippen LogP contribution in [0.2, 0.25) is 0 Å². The highest BCUT2D eigenvalue weighted by Gasteiger charge is 2.66. The van der Waals surface area contributed by atoms with E-state index in [-0.39, 0.29) is 74.8 Å². The first-order valence-electron chi connectivity index (χ1n) is 38.8. The zero-order chi connectivity index (χ0) is 68.9. The predicted octanol–water partition coefficient (Wildman–Crippen LogP) is 23.7. The Balaban J connectivity index is 0.000000200. The molecule has 12 aliphatic carbocycles. The van der Waals surface area contributed by atoms with Crippen molar-refractivity contribution in [3.8, 4) is 17.2 Å². The summed E-state index contributed by atoms with van der Waals surface area (Å²) >= 11 is 0. The molecular weight excluding hydrogens is 1200 g/mol. The molecule has 0 heterocycles. The second-order valence-electron chi connectivity index (χ2n) is 35.9. The number of hydrogen-bond acceptors (Lipinski definition) is 9. The van der Waals surface area contributed by atoms with E-state index in [4.69, 9.17) is 28.4 Å². The molecule has 0 radical (unpaired) electrons. The maximum atomic E-state index is 13.1. The Hall–Kier alpha value is -4.53. The summed E-state index contributed by atoms with van der Waals surface area (Å²) in [6.45, 7) is 40.7. The smallest absolute Gasteiger partial charge is 0.344 e. The minimum absolute atomic E-state index is 0. The molecule has 9 unspecified atom stereocenters. The van der Waals surface area contributed by atoms with Gasteiger partial charge in [-0.2, -0.15) is 0 Å². The fourth-order valence-corrected chi connectivity index (χ4v) is 21.5. The van der Waals surface area contributed by atoms with Crippen molar-refractivity contribution in [2.75, 3.05) is 19.8 Å². The molecule has 0 aromatic heterocycles. The van der Waals surface area contributed by atoms with Crippen LogP contribution < -0.4 is 14.2 Å². The van der Waals surface area contributed by atoms with Gasteiger partial charge in [0.15, 0.2) is 19.8 Å². The topological polar surface area (TPSA) is 107 Å². The maximum Gasteiger partial charge on any atom is 0.344 e. The number of hydrogen-bond donors (Lipinski definition) is 0. The molecule has 12 fully saturated rings. The van der Waals surface area contributed by atoms with Crippen LogP contribution in [0.4, 0.5) is 0 Å². The number of carbonyl (C=O) groups is 3. The summed E-state index contributed by atoms with van der Waals surface area (Å²) in [5.41, 5.74) is 4.62. The molecule has 0 saturated heterocycles. The Morgan fingerprint density at radius 2 is 0.639 bits per heavy atom. The van der Waals surface area contributed by atoms with Crippen LogP contribution in [-0.4, -0.2) is 54.5 Å². The summed E-state index contributed by atoms with van der Waals surface area (Å²) in [6, 6.07) is 24.5. The van der Waals surface area contributed by atoms with Crippen LogP contribution in [0, 0.1) is 86.8 Å². The molecular formula is C88H140O9. The van der Waals surface area contributed by atoms with Gasteiger partial charge in [-0.05, 0) is 305 Å². The largest absolute Gasteiger partial charge is 0.482 e. The van der Waals surface area contributed by atoms with E-state index in [0.29, 0.717) is 81.3 Å². The minimum atomic E-state index is -0.310. The van der Waals surface area contributed by atoms with Gasteiger partial charge in [-0.25, -0.2) is 14.4 Å². The summed E-state index contributed by atoms with van der Waals surface area (Å²) in [5, 5.41) is 0. The number of ether oxygens (including phenoxy) is 6. The molecule has 15 rings (SSSR count). The van der Waals surface area contributed by atoms with Crippen molar-refractivity contribution in [2.24, 2.45) is 86.8 Å². The average Bonchev–Trinajstić information content (AvgIpc) is 0.728. The van der Waals surface area contributed by atoms with Crippen LogP contribution in [0.15, 0.2) is 72.8 Å². The third-order valence-electron chi connectivity index (χ3n) is 25.8. The quantitative estimate of drug-likeness (QED) is 0.0605. The summed E-state index contributed by atoms with van der Waals surface area (Å²) in [6.07, 6.45) is 27.5. The molecule has 0 amide bonds. The second kappa shape index (κ2) is 33.1. The Morgan fingerprint density at radius 3 is 0.856 bits per heavy atom. The number of benzene rings is 3. The van der Waals surface area contributed by atoms with E-state index in [1.54, 1.807) is 0 Å². The van der Waals surface area contributed by atoms with E-state index < -0.39 is 0 Å². The SMILES string of the molecule is C.C.CC.CCC(C)c1ccc(OCC(=O)OC2(CC(C)(C)C)C3CC4CC2CC(C)(C4)C3)cc1.CCC(C)c1ccc(OCC(=O)OC2(CCC(C)C)C3CC4CC2CC(C)(C4)C3)cc1.CCC(C)c1ccc(OCC(=O)OC2(CCC(C)C)C3CC4CC2CC(C)(C4)C3)cc1. The van der Waals surface area contributed by atoms with Gasteiger partial charge in [0.05, 0.1) is 0 Å². The van der Waals surface area contributed by atoms with E-state index in [1.165, 1.54) is 113 Å². The Labute approximate surface area is 592 Å². The molecule has 546 valence electrons. The molecule has 3 aromatic carbocycles. The molecule has 0 N–H and O–H groups in total. The summed E-state index contributed by atoms with van der Waals surface area (Å²) in [5.74, 6) is 10.2. The molecule has 0 spiro atoms. The Morgan fingerprint density at radius 1 is 0.402 bits per heavy atom. The first-order chi connectivity index (χ1) is 45.0. The summed E-state index contributed by atoms with van der Waals surface area (Å²) in [7, 11) is 0. The minimum Gasteiger partial charge on any atom is -0.482 e. The first-order valence-corrected chi connectivity index (χ1v) is 38.8. The summed E-state index contributed by atoms with van der Waals surface area (Å²) in [4.78, 5) is 39.1. The second-order valence-corrected chi connectivity index (χ2v) is 35.9. The fraction of sp³-hybridized carbons (Fsp3) is 0.761. The van der Waals surface area contributed by atoms with Crippen molar-refractivity contribution >= 4 is 17.9 Å². The third-order valence-corrected chi connectivity index (χ3v) is 25.8. The highest BCUT2D eigenvalue weighted by Crippen LogP contribution is 2.69. The lowest BCUT2D eigenvalue weighted by molar-refractivity contribution is -0.233. The van der Waals surface area contributed by atoms with E-state index in [1.807, 2.05) is 50.2 Å². The van der Waals surface area contributed by atoms with Gasteiger partial charge in [0.25, 0.3) is 0 Å². The first kappa shape index (κ1) is 79.8. The molecule has 9 heteroatoms. The maximum absolute atomic E-state index is 13.1. The van der Waals surface area contributed by atoms with E-state index in [9.17, 15) is 14.4 Å². The molecule has 0 aliphatic heterocycles. The molecule has 9 nitrogen and oxygen atoms in total. The number of esters is 3. The standard InChI is InChI=1S/3C28H42O3.C2H6.2CH4/c1-7-19(2)21-8-10-24(11-9-21)30-17-25(29)31-28(18-26(3,4)5)22-12-20-13-23(28)16-27(6,14-20)15-22;2*1-6-20(4)22-7-9-25(10-8-22)30-18-26(29)31-28(12-11-19(2)3)23-13-21-14-24(28)17-27(5,15-21)16-23;1-2;;/h8-11,19-20,22-23H,7,12-18H2,1-6H3;2*7-10,19-21,23-24H,6,11-18H2,1-5H3;1-2H3;2*1H4. The summed E-state index contributed by atoms with van der Waals surface area (Å²) < 4.78 is 36.9. The van der Waals surface area contributed by atoms with Gasteiger partial charge in [-0.3, -0.25) is 0 Å². The Bertz CT molecular complexity index is 2770. The zero-order valence-corrected chi connectivity index (χ0v) is 63.1. The van der Waals surface area contributed by atoms with Crippen molar-refractivity contribution in [3.05, 3.63) is 89.5 Å². The van der Waals surface area contributed by atoms with E-state index >= 15 is 0 Å². The van der Waals surface area contributed by atoms with Gasteiger partial charge >= 0.3 is 17.9 Å². The van der Waals surface area contributed by atoms with Crippen molar-refractivity contribution in [1.29, 1.82) is 0 Å². The monoisotopic (exact) mass is 1340 g/mol. The van der Waals surface area contributed by atoms with E-state index in [0.717, 1.165) is 86.4 Å². The number of carbonyl (C=O) groups excluding carboxylic acids is 3. The van der Waals surface area contributed by atoms with Gasteiger partial charge in [0, 0.05) is 0 Å². The molecule has 12 bridgehead atoms. The normalized spacial score (nSPS) is 33.5. The van der Waals surface area contributed by atoms with Crippen LogP contribution in [-0.2, 0) is 28.6 Å². The van der Waals surface area contributed by atoms with Crippen LogP contribution in [0.25, 0.3) is 0 Å². The molecule has 3 aromatic rings. The van der Waals surface area contributed by atoms with Gasteiger partial charge < -0.3 is 28.4 Å². The van der Waals surface area contributed by atoms with E-state index in [2.05, 4.69) is 147 Å². The lowest BCUT2D eigenvalue weighted by Crippen LogP contribution is -2.63. The lowest BCUT2D eigenvalue weighted by Gasteiger charge is -2.64. The molecule has 12 saturated carbocycles.